The van der Waals surface area contributed by atoms with Crippen LogP contribution < -0.4 is 10.2 Å². The Morgan fingerprint density at radius 2 is 2.28 bits per heavy atom. The van der Waals surface area contributed by atoms with Gasteiger partial charge in [-0.1, -0.05) is 26.3 Å². The van der Waals surface area contributed by atoms with Gasteiger partial charge in [-0.3, -0.25) is 0 Å². The molecular weight excluding hydrogens is 227 g/mol. The summed E-state index contributed by atoms with van der Waals surface area (Å²) in [6.45, 7) is 8.60. The molecule has 1 N–H and O–H groups in total. The molecule has 0 saturated carbocycles. The van der Waals surface area contributed by atoms with E-state index >= 15 is 0 Å². The molecule has 3 heteroatoms. The molecule has 1 saturated heterocycles. The maximum Gasteiger partial charge on any atom is 0.125 e. The first kappa shape index (κ1) is 13.3. The lowest BCUT2D eigenvalue weighted by Crippen LogP contribution is -2.57. The fraction of sp³-hybridized carbons (Fsp3) is 0.600. The molecule has 0 aliphatic carbocycles. The van der Waals surface area contributed by atoms with Crippen molar-refractivity contribution in [2.75, 3.05) is 18.0 Å². The van der Waals surface area contributed by atoms with E-state index in [9.17, 15) is 4.39 Å². The van der Waals surface area contributed by atoms with Gasteiger partial charge in [-0.15, -0.1) is 0 Å². The average molecular weight is 250 g/mol. The van der Waals surface area contributed by atoms with Gasteiger partial charge >= 0.3 is 0 Å². The summed E-state index contributed by atoms with van der Waals surface area (Å²) in [7, 11) is 0. The number of hydrogen-bond donors (Lipinski definition) is 1. The molecule has 2 nitrogen and oxygen atoms in total. The van der Waals surface area contributed by atoms with Crippen LogP contribution in [0.5, 0.6) is 0 Å². The SMILES string of the molecule is CCC(C)C1CN(c2cccc(F)c2)C(C)CN1. The fourth-order valence-corrected chi connectivity index (χ4v) is 2.57. The van der Waals surface area contributed by atoms with Crippen molar-refractivity contribution in [3.63, 3.8) is 0 Å². The molecule has 3 unspecified atom stereocenters. The molecule has 100 valence electrons. The highest BCUT2D eigenvalue weighted by molar-refractivity contribution is 5.48. The predicted molar refractivity (Wildman–Crippen MR) is 74.5 cm³/mol. The quantitative estimate of drug-likeness (QED) is 0.887. The van der Waals surface area contributed by atoms with Gasteiger partial charge in [-0.05, 0) is 31.0 Å². The molecule has 1 aliphatic rings. The van der Waals surface area contributed by atoms with E-state index in [1.54, 1.807) is 12.1 Å². The molecule has 0 amide bonds. The Kier molecular flexibility index (Phi) is 4.23. The Hall–Kier alpha value is -1.09. The van der Waals surface area contributed by atoms with Crippen LogP contribution in [-0.4, -0.2) is 25.2 Å². The summed E-state index contributed by atoms with van der Waals surface area (Å²) in [5.41, 5.74) is 0.998. The molecule has 0 radical (unpaired) electrons. The summed E-state index contributed by atoms with van der Waals surface area (Å²) in [5, 5.41) is 3.60. The highest BCUT2D eigenvalue weighted by atomic mass is 19.1. The van der Waals surface area contributed by atoms with Crippen LogP contribution in [0.2, 0.25) is 0 Å². The summed E-state index contributed by atoms with van der Waals surface area (Å²) in [6, 6.07) is 7.83. The van der Waals surface area contributed by atoms with E-state index in [0.717, 1.165) is 18.8 Å². The zero-order valence-electron chi connectivity index (χ0n) is 11.5. The Morgan fingerprint density at radius 3 is 2.94 bits per heavy atom. The zero-order valence-corrected chi connectivity index (χ0v) is 11.5. The van der Waals surface area contributed by atoms with Crippen molar-refractivity contribution in [3.8, 4) is 0 Å². The van der Waals surface area contributed by atoms with Gasteiger partial charge in [0.25, 0.3) is 0 Å². The largest absolute Gasteiger partial charge is 0.366 e. The molecule has 1 heterocycles. The smallest absolute Gasteiger partial charge is 0.125 e. The second-order valence-electron chi connectivity index (χ2n) is 5.38. The van der Waals surface area contributed by atoms with Crippen molar-refractivity contribution in [1.82, 2.24) is 5.32 Å². The minimum atomic E-state index is -0.154. The zero-order chi connectivity index (χ0) is 13.1. The molecule has 0 bridgehead atoms. The van der Waals surface area contributed by atoms with Crippen LogP contribution in [0.15, 0.2) is 24.3 Å². The topological polar surface area (TPSA) is 15.3 Å². The monoisotopic (exact) mass is 250 g/mol. The number of benzene rings is 1. The molecule has 0 aromatic heterocycles. The van der Waals surface area contributed by atoms with Gasteiger partial charge in [0.2, 0.25) is 0 Å². The Balaban J connectivity index is 2.15. The predicted octanol–water partition coefficient (Wildman–Crippen LogP) is 3.04. The summed E-state index contributed by atoms with van der Waals surface area (Å²) in [5.74, 6) is 0.492. The number of piperazine rings is 1. The van der Waals surface area contributed by atoms with Crippen molar-refractivity contribution >= 4 is 5.69 Å². The molecule has 1 aromatic carbocycles. The van der Waals surface area contributed by atoms with Crippen molar-refractivity contribution in [2.24, 2.45) is 5.92 Å². The van der Waals surface area contributed by atoms with Crippen molar-refractivity contribution in [2.45, 2.75) is 39.3 Å². The van der Waals surface area contributed by atoms with Gasteiger partial charge in [0.1, 0.15) is 5.82 Å². The maximum absolute atomic E-state index is 13.3. The molecule has 3 atom stereocenters. The average Bonchev–Trinajstić information content (AvgIpc) is 2.38. The van der Waals surface area contributed by atoms with E-state index in [4.69, 9.17) is 0 Å². The van der Waals surface area contributed by atoms with Gasteiger partial charge in [0.05, 0.1) is 0 Å². The summed E-state index contributed by atoms with van der Waals surface area (Å²) in [6.07, 6.45) is 1.17. The number of halogens is 1. The summed E-state index contributed by atoms with van der Waals surface area (Å²) < 4.78 is 13.3. The van der Waals surface area contributed by atoms with E-state index in [0.29, 0.717) is 18.0 Å². The third kappa shape index (κ3) is 2.83. The van der Waals surface area contributed by atoms with E-state index in [-0.39, 0.29) is 5.82 Å². The van der Waals surface area contributed by atoms with E-state index < -0.39 is 0 Å². The minimum Gasteiger partial charge on any atom is -0.366 e. The second-order valence-corrected chi connectivity index (χ2v) is 5.38. The lowest BCUT2D eigenvalue weighted by molar-refractivity contribution is 0.315. The van der Waals surface area contributed by atoms with Crippen LogP contribution >= 0.6 is 0 Å². The number of rotatable bonds is 3. The normalized spacial score (nSPS) is 26.1. The van der Waals surface area contributed by atoms with Crippen LogP contribution in [0.1, 0.15) is 27.2 Å². The maximum atomic E-state index is 13.3. The number of nitrogens with one attached hydrogen (secondary N) is 1. The van der Waals surface area contributed by atoms with Crippen molar-refractivity contribution < 1.29 is 4.39 Å². The molecule has 1 fully saturated rings. The lowest BCUT2D eigenvalue weighted by atomic mass is 9.95. The van der Waals surface area contributed by atoms with Gasteiger partial charge < -0.3 is 10.2 Å². The van der Waals surface area contributed by atoms with Crippen LogP contribution in [0.3, 0.4) is 0 Å². The van der Waals surface area contributed by atoms with Crippen LogP contribution in [-0.2, 0) is 0 Å². The van der Waals surface area contributed by atoms with Crippen LogP contribution in [0, 0.1) is 11.7 Å². The Labute approximate surface area is 109 Å². The van der Waals surface area contributed by atoms with Crippen LogP contribution in [0.4, 0.5) is 10.1 Å². The first-order chi connectivity index (χ1) is 8.61. The summed E-state index contributed by atoms with van der Waals surface area (Å²) >= 11 is 0. The van der Waals surface area contributed by atoms with Gasteiger partial charge in [-0.2, -0.15) is 0 Å². The van der Waals surface area contributed by atoms with E-state index in [1.165, 1.54) is 12.5 Å². The summed E-state index contributed by atoms with van der Waals surface area (Å²) in [4.78, 5) is 2.32. The van der Waals surface area contributed by atoms with E-state index in [1.807, 2.05) is 6.07 Å². The lowest BCUT2D eigenvalue weighted by Gasteiger charge is -2.42. The highest BCUT2D eigenvalue weighted by Gasteiger charge is 2.27. The van der Waals surface area contributed by atoms with Gasteiger partial charge in [-0.25, -0.2) is 4.39 Å². The first-order valence-corrected chi connectivity index (χ1v) is 6.87. The Bertz CT molecular complexity index is 394. The third-order valence-electron chi connectivity index (χ3n) is 4.07. The number of nitrogens with zero attached hydrogens (tertiary/aromatic N) is 1. The molecular formula is C15H23FN2. The van der Waals surface area contributed by atoms with E-state index in [2.05, 4.69) is 31.0 Å². The molecule has 1 aromatic rings. The highest BCUT2D eigenvalue weighted by Crippen LogP contribution is 2.23. The third-order valence-corrected chi connectivity index (χ3v) is 4.07. The molecule has 0 spiro atoms. The molecule has 2 rings (SSSR count). The van der Waals surface area contributed by atoms with Gasteiger partial charge in [0.15, 0.2) is 0 Å². The molecule has 1 aliphatic heterocycles. The molecule has 18 heavy (non-hydrogen) atoms. The number of anilines is 1. The van der Waals surface area contributed by atoms with Gasteiger partial charge in [0, 0.05) is 30.9 Å². The van der Waals surface area contributed by atoms with Crippen molar-refractivity contribution in [1.29, 1.82) is 0 Å². The minimum absolute atomic E-state index is 0.154. The Morgan fingerprint density at radius 1 is 1.50 bits per heavy atom. The standard InChI is InChI=1S/C15H23FN2/c1-4-11(2)15-10-18(12(3)9-17-15)14-7-5-6-13(16)8-14/h5-8,11-12,15,17H,4,9-10H2,1-3H3. The number of hydrogen-bond acceptors (Lipinski definition) is 2. The second kappa shape index (κ2) is 5.70. The van der Waals surface area contributed by atoms with Crippen LogP contribution in [0.25, 0.3) is 0 Å². The van der Waals surface area contributed by atoms with Crippen molar-refractivity contribution in [3.05, 3.63) is 30.1 Å². The first-order valence-electron chi connectivity index (χ1n) is 6.87. The fourth-order valence-electron chi connectivity index (χ4n) is 2.57.